The molecule has 0 bridgehead atoms. The third kappa shape index (κ3) is 3.04. The van der Waals surface area contributed by atoms with E-state index in [2.05, 4.69) is 15.3 Å². The SMILES string of the molecule is O=C(Nc1ccccn1)C1CCCC(c2nccs2)C1. The normalized spacial score (nSPS) is 22.4. The Hall–Kier alpha value is -1.75. The van der Waals surface area contributed by atoms with Crippen molar-refractivity contribution in [1.82, 2.24) is 9.97 Å². The van der Waals surface area contributed by atoms with Crippen LogP contribution >= 0.6 is 11.3 Å². The Labute approximate surface area is 122 Å². The Morgan fingerprint density at radius 2 is 2.20 bits per heavy atom. The maximum absolute atomic E-state index is 12.3. The van der Waals surface area contributed by atoms with E-state index in [1.54, 1.807) is 17.5 Å². The molecule has 1 fully saturated rings. The quantitative estimate of drug-likeness (QED) is 0.940. The molecule has 1 aliphatic carbocycles. The summed E-state index contributed by atoms with van der Waals surface area (Å²) in [5.41, 5.74) is 0. The van der Waals surface area contributed by atoms with E-state index in [-0.39, 0.29) is 11.8 Å². The molecule has 3 rings (SSSR count). The van der Waals surface area contributed by atoms with Gasteiger partial charge in [-0.3, -0.25) is 4.79 Å². The molecule has 0 radical (unpaired) electrons. The summed E-state index contributed by atoms with van der Waals surface area (Å²) in [6.45, 7) is 0. The smallest absolute Gasteiger partial charge is 0.228 e. The summed E-state index contributed by atoms with van der Waals surface area (Å²) in [6.07, 6.45) is 7.62. The lowest BCUT2D eigenvalue weighted by Gasteiger charge is -2.26. The van der Waals surface area contributed by atoms with E-state index >= 15 is 0 Å². The van der Waals surface area contributed by atoms with Crippen molar-refractivity contribution in [2.75, 3.05) is 5.32 Å². The van der Waals surface area contributed by atoms with Crippen LogP contribution in [0.15, 0.2) is 36.0 Å². The van der Waals surface area contributed by atoms with E-state index in [1.807, 2.05) is 29.8 Å². The first kappa shape index (κ1) is 13.2. The highest BCUT2D eigenvalue weighted by atomic mass is 32.1. The third-order valence-corrected chi connectivity index (χ3v) is 4.70. The van der Waals surface area contributed by atoms with Gasteiger partial charge in [0.25, 0.3) is 0 Å². The number of carbonyl (C=O) groups is 1. The number of pyridine rings is 1. The molecule has 1 saturated carbocycles. The number of aromatic nitrogens is 2. The summed E-state index contributed by atoms with van der Waals surface area (Å²) < 4.78 is 0. The van der Waals surface area contributed by atoms with Gasteiger partial charge in [0.05, 0.1) is 5.01 Å². The summed E-state index contributed by atoms with van der Waals surface area (Å²) in [7, 11) is 0. The number of carbonyl (C=O) groups excluding carboxylic acids is 1. The molecule has 104 valence electrons. The van der Waals surface area contributed by atoms with E-state index < -0.39 is 0 Å². The first-order chi connectivity index (χ1) is 9.83. The summed E-state index contributed by atoms with van der Waals surface area (Å²) in [6, 6.07) is 5.54. The predicted octanol–water partition coefficient (Wildman–Crippen LogP) is 3.45. The molecule has 0 aromatic carbocycles. The molecular weight excluding hydrogens is 270 g/mol. The van der Waals surface area contributed by atoms with Gasteiger partial charge in [0.1, 0.15) is 5.82 Å². The molecule has 2 aromatic heterocycles. The molecule has 20 heavy (non-hydrogen) atoms. The maximum atomic E-state index is 12.3. The van der Waals surface area contributed by atoms with Gasteiger partial charge >= 0.3 is 0 Å². The summed E-state index contributed by atoms with van der Waals surface area (Å²) in [5.74, 6) is 1.22. The van der Waals surface area contributed by atoms with E-state index in [0.717, 1.165) is 25.7 Å². The van der Waals surface area contributed by atoms with Crippen LogP contribution in [-0.4, -0.2) is 15.9 Å². The molecule has 2 aromatic rings. The Kier molecular flexibility index (Phi) is 4.06. The van der Waals surface area contributed by atoms with Crippen LogP contribution < -0.4 is 5.32 Å². The number of hydrogen-bond donors (Lipinski definition) is 1. The second kappa shape index (κ2) is 6.13. The molecule has 4 nitrogen and oxygen atoms in total. The number of amides is 1. The molecule has 5 heteroatoms. The van der Waals surface area contributed by atoms with Crippen molar-refractivity contribution in [3.05, 3.63) is 41.0 Å². The van der Waals surface area contributed by atoms with Gasteiger partial charge in [-0.05, 0) is 31.4 Å². The lowest BCUT2D eigenvalue weighted by Crippen LogP contribution is -2.27. The Bertz CT molecular complexity index is 556. The van der Waals surface area contributed by atoms with Crippen molar-refractivity contribution < 1.29 is 4.79 Å². The van der Waals surface area contributed by atoms with Crippen LogP contribution in [0.2, 0.25) is 0 Å². The molecule has 0 saturated heterocycles. The van der Waals surface area contributed by atoms with Crippen LogP contribution in [0.5, 0.6) is 0 Å². The van der Waals surface area contributed by atoms with E-state index in [4.69, 9.17) is 0 Å². The minimum atomic E-state index is 0.0691. The number of nitrogens with one attached hydrogen (secondary N) is 1. The van der Waals surface area contributed by atoms with Gasteiger partial charge in [-0.2, -0.15) is 0 Å². The van der Waals surface area contributed by atoms with Gasteiger partial charge in [-0.1, -0.05) is 12.5 Å². The summed E-state index contributed by atoms with van der Waals surface area (Å²) in [4.78, 5) is 20.8. The number of anilines is 1. The van der Waals surface area contributed by atoms with Crippen LogP contribution in [-0.2, 0) is 4.79 Å². The Morgan fingerprint density at radius 3 is 2.95 bits per heavy atom. The fourth-order valence-corrected chi connectivity index (χ4v) is 3.54. The number of hydrogen-bond acceptors (Lipinski definition) is 4. The van der Waals surface area contributed by atoms with E-state index in [9.17, 15) is 4.79 Å². The first-order valence-corrected chi connectivity index (χ1v) is 7.82. The van der Waals surface area contributed by atoms with Crippen LogP contribution in [0, 0.1) is 5.92 Å². The van der Waals surface area contributed by atoms with Crippen molar-refractivity contribution in [3.8, 4) is 0 Å². The van der Waals surface area contributed by atoms with Gasteiger partial charge < -0.3 is 5.32 Å². The highest BCUT2D eigenvalue weighted by Gasteiger charge is 2.29. The first-order valence-electron chi connectivity index (χ1n) is 6.94. The monoisotopic (exact) mass is 287 g/mol. The molecular formula is C15H17N3OS. The van der Waals surface area contributed by atoms with Gasteiger partial charge in [-0.25, -0.2) is 9.97 Å². The topological polar surface area (TPSA) is 54.9 Å². The van der Waals surface area contributed by atoms with Gasteiger partial charge in [0.15, 0.2) is 0 Å². The Balaban J connectivity index is 1.63. The van der Waals surface area contributed by atoms with Gasteiger partial charge in [0, 0.05) is 29.6 Å². The highest BCUT2D eigenvalue weighted by molar-refractivity contribution is 7.09. The zero-order chi connectivity index (χ0) is 13.8. The van der Waals surface area contributed by atoms with Crippen molar-refractivity contribution in [2.24, 2.45) is 5.92 Å². The number of thiazole rings is 1. The molecule has 1 amide bonds. The third-order valence-electron chi connectivity index (χ3n) is 3.76. The minimum absolute atomic E-state index is 0.0691. The lowest BCUT2D eigenvalue weighted by molar-refractivity contribution is -0.120. The maximum Gasteiger partial charge on any atom is 0.228 e. The molecule has 1 N–H and O–H groups in total. The van der Waals surface area contributed by atoms with Crippen LogP contribution in [0.25, 0.3) is 0 Å². The van der Waals surface area contributed by atoms with E-state index in [1.165, 1.54) is 5.01 Å². The average molecular weight is 287 g/mol. The largest absolute Gasteiger partial charge is 0.310 e. The minimum Gasteiger partial charge on any atom is -0.310 e. The molecule has 0 aliphatic heterocycles. The molecule has 1 aliphatic rings. The summed E-state index contributed by atoms with van der Waals surface area (Å²) >= 11 is 1.69. The van der Waals surface area contributed by atoms with Gasteiger partial charge in [0.2, 0.25) is 5.91 Å². The van der Waals surface area contributed by atoms with Crippen molar-refractivity contribution in [1.29, 1.82) is 0 Å². The van der Waals surface area contributed by atoms with E-state index in [0.29, 0.717) is 11.7 Å². The van der Waals surface area contributed by atoms with Gasteiger partial charge in [-0.15, -0.1) is 11.3 Å². The highest BCUT2D eigenvalue weighted by Crippen LogP contribution is 2.37. The van der Waals surface area contributed by atoms with Crippen molar-refractivity contribution in [3.63, 3.8) is 0 Å². The fraction of sp³-hybridized carbons (Fsp3) is 0.400. The second-order valence-corrected chi connectivity index (χ2v) is 6.06. The van der Waals surface area contributed by atoms with Crippen LogP contribution in [0.4, 0.5) is 5.82 Å². The lowest BCUT2D eigenvalue weighted by atomic mass is 9.81. The Morgan fingerprint density at radius 1 is 1.25 bits per heavy atom. The molecule has 2 heterocycles. The summed E-state index contributed by atoms with van der Waals surface area (Å²) in [5, 5.41) is 6.08. The standard InChI is InChI=1S/C15H17N3OS/c19-14(18-13-6-1-2-7-16-13)11-4-3-5-12(10-11)15-17-8-9-20-15/h1-2,6-9,11-12H,3-5,10H2,(H,16,18,19). The van der Waals surface area contributed by atoms with Crippen molar-refractivity contribution in [2.45, 2.75) is 31.6 Å². The average Bonchev–Trinajstić information content (AvgIpc) is 3.03. The molecule has 2 atom stereocenters. The predicted molar refractivity (Wildman–Crippen MR) is 79.7 cm³/mol. The fourth-order valence-electron chi connectivity index (χ4n) is 2.75. The molecule has 0 spiro atoms. The second-order valence-electron chi connectivity index (χ2n) is 5.14. The number of rotatable bonds is 3. The van der Waals surface area contributed by atoms with Crippen molar-refractivity contribution >= 4 is 23.1 Å². The van der Waals surface area contributed by atoms with Crippen LogP contribution in [0.1, 0.15) is 36.6 Å². The van der Waals surface area contributed by atoms with Crippen LogP contribution in [0.3, 0.4) is 0 Å². The zero-order valence-electron chi connectivity index (χ0n) is 11.2. The zero-order valence-corrected chi connectivity index (χ0v) is 12.0. The number of nitrogens with zero attached hydrogens (tertiary/aromatic N) is 2. The molecule has 2 unspecified atom stereocenters.